The predicted molar refractivity (Wildman–Crippen MR) is 120 cm³/mol. The van der Waals surface area contributed by atoms with Crippen molar-refractivity contribution in [1.29, 1.82) is 0 Å². The average molecular weight is 456 g/mol. The van der Waals surface area contributed by atoms with E-state index in [9.17, 15) is 9.18 Å². The summed E-state index contributed by atoms with van der Waals surface area (Å²) in [4.78, 5) is 16.8. The number of halogens is 3. The number of hydrogen-bond donors (Lipinski definition) is 2. The smallest absolute Gasteiger partial charge is 0.255 e. The number of carbonyl (C=O) groups excluding carboxylic acids is 1. The third-order valence-corrected chi connectivity index (χ3v) is 5.60. The standard InChI is InChI=1S/C23H20ClF2N5O/c1-13(14-2-4-16(25)5-3-14)8-10-28-22(32)20-18(24)7-6-17(21(20)26)15-9-11-31-19(12-15)29-23(27)30-31/h2-7,9,11-13H,8,10H2,1H3,(H2,27,30)(H,28,32)/t13-/m1/s1. The Bertz CT molecular complexity index is 1290. The second-order valence-electron chi connectivity index (χ2n) is 7.47. The first kappa shape index (κ1) is 21.7. The fraction of sp³-hybridized carbons (Fsp3) is 0.174. The summed E-state index contributed by atoms with van der Waals surface area (Å²) >= 11 is 6.16. The molecule has 32 heavy (non-hydrogen) atoms. The molecule has 0 fully saturated rings. The van der Waals surface area contributed by atoms with Crippen LogP contribution in [0.2, 0.25) is 5.02 Å². The van der Waals surface area contributed by atoms with E-state index < -0.39 is 11.7 Å². The minimum Gasteiger partial charge on any atom is -0.366 e. The minimum atomic E-state index is -0.724. The number of pyridine rings is 1. The lowest BCUT2D eigenvalue weighted by molar-refractivity contribution is 0.0949. The molecule has 2 aromatic carbocycles. The van der Waals surface area contributed by atoms with E-state index in [0.717, 1.165) is 5.56 Å². The molecule has 1 amide bonds. The molecule has 0 saturated heterocycles. The van der Waals surface area contributed by atoms with Crippen LogP contribution in [0, 0.1) is 11.6 Å². The van der Waals surface area contributed by atoms with E-state index in [0.29, 0.717) is 24.2 Å². The number of amides is 1. The summed E-state index contributed by atoms with van der Waals surface area (Å²) in [6.07, 6.45) is 2.21. The van der Waals surface area contributed by atoms with E-state index in [2.05, 4.69) is 15.4 Å². The highest BCUT2D eigenvalue weighted by molar-refractivity contribution is 6.34. The molecular weight excluding hydrogens is 436 g/mol. The number of anilines is 1. The second-order valence-corrected chi connectivity index (χ2v) is 7.88. The molecule has 3 N–H and O–H groups in total. The Labute approximate surface area is 188 Å². The normalized spacial score (nSPS) is 12.1. The molecule has 2 heterocycles. The van der Waals surface area contributed by atoms with Gasteiger partial charge in [-0.2, -0.15) is 4.98 Å². The number of fused-ring (bicyclic) bond motifs is 1. The summed E-state index contributed by atoms with van der Waals surface area (Å²) in [6, 6.07) is 12.5. The van der Waals surface area contributed by atoms with Crippen LogP contribution in [0.3, 0.4) is 0 Å². The molecule has 0 unspecified atom stereocenters. The number of nitrogen functional groups attached to an aromatic ring is 1. The number of benzene rings is 2. The first-order valence-electron chi connectivity index (χ1n) is 9.97. The number of hydrogen-bond acceptors (Lipinski definition) is 4. The topological polar surface area (TPSA) is 85.3 Å². The van der Waals surface area contributed by atoms with E-state index >= 15 is 4.39 Å². The molecule has 0 spiro atoms. The van der Waals surface area contributed by atoms with Crippen molar-refractivity contribution in [2.24, 2.45) is 0 Å². The van der Waals surface area contributed by atoms with Crippen molar-refractivity contribution >= 4 is 29.1 Å². The third kappa shape index (κ3) is 4.40. The summed E-state index contributed by atoms with van der Waals surface area (Å²) in [5.41, 5.74) is 7.51. The van der Waals surface area contributed by atoms with Crippen LogP contribution in [0.1, 0.15) is 35.2 Å². The fourth-order valence-electron chi connectivity index (χ4n) is 3.50. The number of rotatable bonds is 6. The average Bonchev–Trinajstić information content (AvgIpc) is 3.13. The molecule has 2 aromatic heterocycles. The Morgan fingerprint density at radius 2 is 1.94 bits per heavy atom. The molecule has 0 saturated carbocycles. The van der Waals surface area contributed by atoms with Gasteiger partial charge in [0.15, 0.2) is 5.65 Å². The minimum absolute atomic E-state index is 0.0168. The zero-order valence-corrected chi connectivity index (χ0v) is 17.9. The number of nitrogens with zero attached hydrogens (tertiary/aromatic N) is 3. The molecule has 9 heteroatoms. The van der Waals surface area contributed by atoms with Crippen molar-refractivity contribution in [2.45, 2.75) is 19.3 Å². The highest BCUT2D eigenvalue weighted by Crippen LogP contribution is 2.30. The zero-order chi connectivity index (χ0) is 22.8. The summed E-state index contributed by atoms with van der Waals surface area (Å²) < 4.78 is 29.9. The van der Waals surface area contributed by atoms with Crippen LogP contribution in [-0.4, -0.2) is 27.0 Å². The summed E-state index contributed by atoms with van der Waals surface area (Å²) in [6.45, 7) is 2.28. The second kappa shape index (κ2) is 8.92. The van der Waals surface area contributed by atoms with Crippen molar-refractivity contribution in [3.63, 3.8) is 0 Å². The Hall–Kier alpha value is -3.52. The predicted octanol–water partition coefficient (Wildman–Crippen LogP) is 4.83. The van der Waals surface area contributed by atoms with Crippen LogP contribution in [0.4, 0.5) is 14.7 Å². The molecule has 6 nitrogen and oxygen atoms in total. The first-order chi connectivity index (χ1) is 15.3. The van der Waals surface area contributed by atoms with Crippen LogP contribution in [0.15, 0.2) is 54.7 Å². The van der Waals surface area contributed by atoms with Crippen molar-refractivity contribution in [3.8, 4) is 11.1 Å². The monoisotopic (exact) mass is 455 g/mol. The lowest BCUT2D eigenvalue weighted by atomic mass is 9.98. The molecule has 0 aliphatic heterocycles. The van der Waals surface area contributed by atoms with E-state index in [1.807, 2.05) is 6.92 Å². The molecule has 164 valence electrons. The lowest BCUT2D eigenvalue weighted by Crippen LogP contribution is -2.26. The Kier molecular flexibility index (Phi) is 6.05. The van der Waals surface area contributed by atoms with E-state index in [1.54, 1.807) is 30.5 Å². The van der Waals surface area contributed by atoms with Crippen LogP contribution in [-0.2, 0) is 0 Å². The van der Waals surface area contributed by atoms with Crippen molar-refractivity contribution in [3.05, 3.63) is 82.5 Å². The van der Waals surface area contributed by atoms with Crippen LogP contribution >= 0.6 is 11.6 Å². The molecule has 0 radical (unpaired) electrons. The first-order valence-corrected chi connectivity index (χ1v) is 10.3. The number of nitrogens with one attached hydrogen (secondary N) is 1. The van der Waals surface area contributed by atoms with Gasteiger partial charge in [0, 0.05) is 18.3 Å². The van der Waals surface area contributed by atoms with Crippen molar-refractivity contribution < 1.29 is 13.6 Å². The van der Waals surface area contributed by atoms with E-state index in [1.165, 1.54) is 28.8 Å². The SMILES string of the molecule is C[C@H](CCNC(=O)c1c(Cl)ccc(-c2ccn3nc(N)nc3c2)c1F)c1ccc(F)cc1. The Morgan fingerprint density at radius 3 is 2.69 bits per heavy atom. The van der Waals surface area contributed by atoms with Crippen molar-refractivity contribution in [2.75, 3.05) is 12.3 Å². The zero-order valence-electron chi connectivity index (χ0n) is 17.1. The number of aromatic nitrogens is 3. The van der Waals surface area contributed by atoms with E-state index in [4.69, 9.17) is 17.3 Å². The van der Waals surface area contributed by atoms with Gasteiger partial charge in [0.2, 0.25) is 5.95 Å². The molecular formula is C23H20ClF2N5O. The quantitative estimate of drug-likeness (QED) is 0.436. The highest BCUT2D eigenvalue weighted by Gasteiger charge is 2.20. The van der Waals surface area contributed by atoms with Gasteiger partial charge in [-0.1, -0.05) is 30.7 Å². The molecule has 1 atom stereocenters. The van der Waals surface area contributed by atoms with Gasteiger partial charge in [-0.3, -0.25) is 4.79 Å². The van der Waals surface area contributed by atoms with Gasteiger partial charge in [-0.15, -0.1) is 5.10 Å². The molecule has 4 aromatic rings. The summed E-state index contributed by atoms with van der Waals surface area (Å²) in [5, 5.41) is 6.73. The van der Waals surface area contributed by atoms with Gasteiger partial charge in [-0.25, -0.2) is 13.3 Å². The summed E-state index contributed by atoms with van der Waals surface area (Å²) in [7, 11) is 0. The Balaban J connectivity index is 1.51. The van der Waals surface area contributed by atoms with Crippen LogP contribution in [0.25, 0.3) is 16.8 Å². The van der Waals surface area contributed by atoms with Gasteiger partial charge in [0.1, 0.15) is 11.6 Å². The maximum atomic E-state index is 15.3. The Morgan fingerprint density at radius 1 is 1.19 bits per heavy atom. The van der Waals surface area contributed by atoms with E-state index in [-0.39, 0.29) is 33.8 Å². The van der Waals surface area contributed by atoms with Gasteiger partial charge >= 0.3 is 0 Å². The lowest BCUT2D eigenvalue weighted by Gasteiger charge is -2.14. The van der Waals surface area contributed by atoms with Gasteiger partial charge in [-0.05, 0) is 59.9 Å². The fourth-order valence-corrected chi connectivity index (χ4v) is 3.73. The summed E-state index contributed by atoms with van der Waals surface area (Å²) in [5.74, 6) is -1.43. The highest BCUT2D eigenvalue weighted by atomic mass is 35.5. The maximum Gasteiger partial charge on any atom is 0.255 e. The van der Waals surface area contributed by atoms with Gasteiger partial charge in [0.25, 0.3) is 5.91 Å². The third-order valence-electron chi connectivity index (χ3n) is 5.29. The number of carbonyl (C=O) groups is 1. The molecule has 0 aliphatic rings. The van der Waals surface area contributed by atoms with Crippen LogP contribution in [0.5, 0.6) is 0 Å². The molecule has 4 rings (SSSR count). The van der Waals surface area contributed by atoms with Crippen LogP contribution < -0.4 is 11.1 Å². The largest absolute Gasteiger partial charge is 0.366 e. The molecule has 0 aliphatic carbocycles. The van der Waals surface area contributed by atoms with Gasteiger partial charge in [0.05, 0.1) is 10.6 Å². The van der Waals surface area contributed by atoms with Crippen molar-refractivity contribution in [1.82, 2.24) is 19.9 Å². The molecule has 0 bridgehead atoms. The number of nitrogens with two attached hydrogens (primary N) is 1. The van der Waals surface area contributed by atoms with Gasteiger partial charge < -0.3 is 11.1 Å². The maximum absolute atomic E-state index is 15.3.